The fourth-order valence-electron chi connectivity index (χ4n) is 5.49. The minimum absolute atomic E-state index is 0.0792. The van der Waals surface area contributed by atoms with Crippen molar-refractivity contribution in [3.63, 3.8) is 0 Å². The first kappa shape index (κ1) is 25.3. The molecule has 1 saturated heterocycles. The lowest BCUT2D eigenvalue weighted by molar-refractivity contribution is 0.207. The SMILES string of the molecule is CCSc1cnc(CNC(=O)N2CC(c3cccc(C4CC4)n3)C(c3cc(C4CC4)nn3C(C)C)C2)nc1. The number of hydrogen-bond donors (Lipinski definition) is 1. The van der Waals surface area contributed by atoms with Gasteiger partial charge in [0.05, 0.1) is 12.2 Å². The molecule has 1 N–H and O–H groups in total. The van der Waals surface area contributed by atoms with Gasteiger partial charge in [0.15, 0.2) is 0 Å². The maximum Gasteiger partial charge on any atom is 0.317 e. The average Bonchev–Trinajstić information content (AvgIpc) is 3.86. The van der Waals surface area contributed by atoms with Gasteiger partial charge in [-0.25, -0.2) is 14.8 Å². The van der Waals surface area contributed by atoms with E-state index in [1.807, 2.05) is 17.3 Å². The highest BCUT2D eigenvalue weighted by Crippen LogP contribution is 2.45. The minimum atomic E-state index is -0.0792. The standard InChI is InChI=1S/C29H37N7OS/c1-4-38-21-13-30-28(31-14-21)15-32-29(37)35-16-22(25-7-5-6-24(33-25)19-8-9-19)23(17-35)27-12-26(20-10-11-20)34-36(27)18(2)3/h5-7,12-14,18-20,22-23H,4,8-11,15-17H2,1-3H3,(H,32,37). The van der Waals surface area contributed by atoms with Gasteiger partial charge < -0.3 is 10.2 Å². The topological polar surface area (TPSA) is 88.8 Å². The quantitative estimate of drug-likeness (QED) is 0.361. The maximum atomic E-state index is 13.4. The van der Waals surface area contributed by atoms with Crippen molar-refractivity contribution in [2.75, 3.05) is 18.8 Å². The third-order valence-corrected chi connectivity index (χ3v) is 8.65. The van der Waals surface area contributed by atoms with Crippen molar-refractivity contribution in [1.29, 1.82) is 0 Å². The monoisotopic (exact) mass is 531 g/mol. The molecule has 0 bridgehead atoms. The number of thioether (sulfide) groups is 1. The molecule has 2 saturated carbocycles. The lowest BCUT2D eigenvalue weighted by Crippen LogP contribution is -2.38. The highest BCUT2D eigenvalue weighted by atomic mass is 32.2. The van der Waals surface area contributed by atoms with E-state index in [1.165, 1.54) is 42.8 Å². The zero-order chi connectivity index (χ0) is 26.2. The Morgan fingerprint density at radius 1 is 1.03 bits per heavy atom. The summed E-state index contributed by atoms with van der Waals surface area (Å²) in [5, 5.41) is 8.08. The number of amides is 2. The Bertz CT molecular complexity index is 1280. The van der Waals surface area contributed by atoms with Crippen LogP contribution in [0.25, 0.3) is 0 Å². The van der Waals surface area contributed by atoms with E-state index >= 15 is 0 Å². The van der Waals surface area contributed by atoms with E-state index in [0.717, 1.165) is 16.3 Å². The average molecular weight is 532 g/mol. The van der Waals surface area contributed by atoms with Gasteiger partial charge in [-0.2, -0.15) is 5.10 Å². The van der Waals surface area contributed by atoms with Crippen molar-refractivity contribution in [2.24, 2.45) is 0 Å². The lowest BCUT2D eigenvalue weighted by Gasteiger charge is -2.21. The molecule has 3 aromatic heterocycles. The van der Waals surface area contributed by atoms with Gasteiger partial charge >= 0.3 is 6.03 Å². The molecule has 9 heteroatoms. The first-order valence-electron chi connectivity index (χ1n) is 14.0. The van der Waals surface area contributed by atoms with E-state index in [9.17, 15) is 4.79 Å². The number of rotatable bonds is 9. The molecule has 0 spiro atoms. The Morgan fingerprint density at radius 2 is 1.71 bits per heavy atom. The Morgan fingerprint density at radius 3 is 2.39 bits per heavy atom. The highest BCUT2D eigenvalue weighted by Gasteiger charge is 2.41. The van der Waals surface area contributed by atoms with Crippen LogP contribution in [0, 0.1) is 0 Å². The highest BCUT2D eigenvalue weighted by molar-refractivity contribution is 7.99. The second kappa shape index (κ2) is 10.7. The zero-order valence-electron chi connectivity index (χ0n) is 22.5. The fourth-order valence-corrected chi connectivity index (χ4v) is 6.08. The van der Waals surface area contributed by atoms with Gasteiger partial charge in [0, 0.05) is 77.2 Å². The lowest BCUT2D eigenvalue weighted by atomic mass is 9.89. The minimum Gasteiger partial charge on any atom is -0.331 e. The Labute approximate surface area is 229 Å². The summed E-state index contributed by atoms with van der Waals surface area (Å²) in [5.74, 6) is 3.06. The molecule has 3 aromatic rings. The number of nitrogens with one attached hydrogen (secondary N) is 1. The van der Waals surface area contributed by atoms with Crippen molar-refractivity contribution >= 4 is 17.8 Å². The van der Waals surface area contributed by atoms with Crippen LogP contribution in [-0.4, -0.2) is 54.5 Å². The van der Waals surface area contributed by atoms with Gasteiger partial charge in [-0.05, 0) is 63.5 Å². The normalized spacial score (nSPS) is 21.3. The number of aromatic nitrogens is 5. The largest absolute Gasteiger partial charge is 0.331 e. The smallest absolute Gasteiger partial charge is 0.317 e. The van der Waals surface area contributed by atoms with Crippen LogP contribution in [0.5, 0.6) is 0 Å². The summed E-state index contributed by atoms with van der Waals surface area (Å²) in [5.41, 5.74) is 4.72. The molecule has 200 valence electrons. The van der Waals surface area contributed by atoms with E-state index in [0.29, 0.717) is 37.3 Å². The molecule has 8 nitrogen and oxygen atoms in total. The van der Waals surface area contributed by atoms with E-state index in [2.05, 4.69) is 65.0 Å². The Kier molecular flexibility index (Phi) is 7.12. The van der Waals surface area contributed by atoms with Gasteiger partial charge in [0.1, 0.15) is 5.82 Å². The van der Waals surface area contributed by atoms with Gasteiger partial charge in [0.25, 0.3) is 0 Å². The van der Waals surface area contributed by atoms with E-state index in [1.54, 1.807) is 11.8 Å². The van der Waals surface area contributed by atoms with E-state index < -0.39 is 0 Å². The van der Waals surface area contributed by atoms with Crippen LogP contribution in [-0.2, 0) is 6.54 Å². The van der Waals surface area contributed by atoms with Gasteiger partial charge in [-0.1, -0.05) is 13.0 Å². The van der Waals surface area contributed by atoms with Crippen molar-refractivity contribution in [3.05, 3.63) is 65.3 Å². The fraction of sp³-hybridized carbons (Fsp3) is 0.552. The molecule has 1 aliphatic heterocycles. The molecule has 3 aliphatic rings. The van der Waals surface area contributed by atoms with Gasteiger partial charge in [0.2, 0.25) is 0 Å². The summed E-state index contributed by atoms with van der Waals surface area (Å²) in [6, 6.07) is 8.94. The summed E-state index contributed by atoms with van der Waals surface area (Å²) in [6.45, 7) is 8.07. The molecular formula is C29H37N7OS. The van der Waals surface area contributed by atoms with Crippen LogP contribution >= 0.6 is 11.8 Å². The Hall–Kier alpha value is -2.94. The number of carbonyl (C=O) groups excluding carboxylic acids is 1. The van der Waals surface area contributed by atoms with Gasteiger partial charge in [-0.15, -0.1) is 11.8 Å². The van der Waals surface area contributed by atoms with Crippen LogP contribution in [0.3, 0.4) is 0 Å². The number of likely N-dealkylation sites (tertiary alicyclic amines) is 1. The summed E-state index contributed by atoms with van der Waals surface area (Å²) >= 11 is 1.71. The van der Waals surface area contributed by atoms with Crippen LogP contribution in [0.1, 0.15) is 105 Å². The van der Waals surface area contributed by atoms with Crippen LogP contribution in [0.2, 0.25) is 0 Å². The summed E-state index contributed by atoms with van der Waals surface area (Å²) in [4.78, 5) is 30.3. The van der Waals surface area contributed by atoms with Crippen LogP contribution in [0.4, 0.5) is 4.79 Å². The molecule has 6 rings (SSSR count). The second-order valence-electron chi connectivity index (χ2n) is 11.1. The zero-order valence-corrected chi connectivity index (χ0v) is 23.3. The predicted molar refractivity (Wildman–Crippen MR) is 149 cm³/mol. The number of urea groups is 1. The summed E-state index contributed by atoms with van der Waals surface area (Å²) in [7, 11) is 0. The molecule has 2 atom stereocenters. The van der Waals surface area contributed by atoms with Crippen LogP contribution < -0.4 is 5.32 Å². The molecule has 3 fully saturated rings. The van der Waals surface area contributed by atoms with Crippen molar-refractivity contribution in [2.45, 2.75) is 87.6 Å². The number of nitrogens with zero attached hydrogens (tertiary/aromatic N) is 6. The Balaban J connectivity index is 1.24. The number of hydrogen-bond acceptors (Lipinski definition) is 6. The van der Waals surface area contributed by atoms with E-state index in [4.69, 9.17) is 10.1 Å². The molecule has 38 heavy (non-hydrogen) atoms. The predicted octanol–water partition coefficient (Wildman–Crippen LogP) is 5.61. The first-order chi connectivity index (χ1) is 18.5. The van der Waals surface area contributed by atoms with Crippen molar-refractivity contribution < 1.29 is 4.79 Å². The molecule has 2 amide bonds. The van der Waals surface area contributed by atoms with Crippen molar-refractivity contribution in [1.82, 2.24) is 34.9 Å². The maximum absolute atomic E-state index is 13.4. The van der Waals surface area contributed by atoms with Crippen molar-refractivity contribution in [3.8, 4) is 0 Å². The number of carbonyl (C=O) groups is 1. The third kappa shape index (κ3) is 5.44. The van der Waals surface area contributed by atoms with Gasteiger partial charge in [-0.3, -0.25) is 9.67 Å². The summed E-state index contributed by atoms with van der Waals surface area (Å²) < 4.78 is 2.20. The van der Waals surface area contributed by atoms with E-state index in [-0.39, 0.29) is 23.9 Å². The second-order valence-corrected chi connectivity index (χ2v) is 12.5. The molecule has 2 aliphatic carbocycles. The molecular weight excluding hydrogens is 494 g/mol. The molecule has 0 aromatic carbocycles. The third-order valence-electron chi connectivity index (χ3n) is 7.81. The molecule has 2 unspecified atom stereocenters. The molecule has 0 radical (unpaired) electrons. The molecule has 4 heterocycles. The number of pyridine rings is 1. The first-order valence-corrected chi connectivity index (χ1v) is 15.0. The summed E-state index contributed by atoms with van der Waals surface area (Å²) in [6.07, 6.45) is 8.56. The van der Waals surface area contributed by atoms with Crippen LogP contribution in [0.15, 0.2) is 41.6 Å².